The lowest BCUT2D eigenvalue weighted by atomic mass is 9.91. The minimum atomic E-state index is -0.340. The van der Waals surface area contributed by atoms with Gasteiger partial charge in [-0.2, -0.15) is 0 Å². The molecule has 0 aromatic carbocycles. The van der Waals surface area contributed by atoms with E-state index in [1.54, 1.807) is 0 Å². The van der Waals surface area contributed by atoms with Crippen molar-refractivity contribution in [3.63, 3.8) is 0 Å². The van der Waals surface area contributed by atoms with Gasteiger partial charge >= 0.3 is 0 Å². The first-order valence-electron chi connectivity index (χ1n) is 4.35. The summed E-state index contributed by atoms with van der Waals surface area (Å²) in [7, 11) is 0. The molecular formula is C8H17N3O. The minimum absolute atomic E-state index is 0.340. The lowest BCUT2D eigenvalue weighted by Crippen LogP contribution is -2.57. The number of hydrogen-bond acceptors (Lipinski definition) is 4. The van der Waals surface area contributed by atoms with Crippen LogP contribution in [0.3, 0.4) is 0 Å². The number of nitrogens with one attached hydrogen (secondary N) is 1. The highest BCUT2D eigenvalue weighted by Crippen LogP contribution is 2.09. The molecule has 70 valence electrons. The highest BCUT2D eigenvalue weighted by Gasteiger charge is 2.29. The fraction of sp³-hybridized carbons (Fsp3) is 0.875. The molecule has 0 bridgehead atoms. The van der Waals surface area contributed by atoms with Crippen molar-refractivity contribution < 1.29 is 4.84 Å². The Morgan fingerprint density at radius 1 is 1.75 bits per heavy atom. The summed E-state index contributed by atoms with van der Waals surface area (Å²) in [5.74, 6) is 0. The third-order valence-corrected chi connectivity index (χ3v) is 1.99. The van der Waals surface area contributed by atoms with Gasteiger partial charge in [0.1, 0.15) is 6.61 Å². The molecule has 1 unspecified atom stereocenters. The van der Waals surface area contributed by atoms with E-state index in [1.807, 2.05) is 13.8 Å². The largest absolute Gasteiger partial charge is 0.396 e. The molecular weight excluding hydrogens is 154 g/mol. The number of oxime groups is 1. The molecule has 1 fully saturated rings. The van der Waals surface area contributed by atoms with Crippen molar-refractivity contribution in [1.29, 1.82) is 0 Å². The summed E-state index contributed by atoms with van der Waals surface area (Å²) in [6, 6.07) is 0. The maximum absolute atomic E-state index is 5.99. The van der Waals surface area contributed by atoms with Gasteiger partial charge in [0.2, 0.25) is 0 Å². The Labute approximate surface area is 73.1 Å². The Morgan fingerprint density at radius 3 is 3.08 bits per heavy atom. The van der Waals surface area contributed by atoms with Gasteiger partial charge in [0.15, 0.2) is 0 Å². The maximum atomic E-state index is 5.99. The summed E-state index contributed by atoms with van der Waals surface area (Å²) in [6.07, 6.45) is 0.882. The van der Waals surface area contributed by atoms with Crippen molar-refractivity contribution in [2.45, 2.75) is 25.8 Å². The lowest BCUT2D eigenvalue weighted by Gasteiger charge is -2.30. The van der Waals surface area contributed by atoms with Crippen LogP contribution < -0.4 is 11.1 Å². The summed E-state index contributed by atoms with van der Waals surface area (Å²) in [6.45, 7) is 6.21. The van der Waals surface area contributed by atoms with Gasteiger partial charge in [-0.25, -0.2) is 0 Å². The van der Waals surface area contributed by atoms with E-state index in [-0.39, 0.29) is 5.54 Å². The van der Waals surface area contributed by atoms with Crippen molar-refractivity contribution in [3.05, 3.63) is 0 Å². The molecule has 0 saturated carbocycles. The number of hydrogen-bond donors (Lipinski definition) is 2. The number of rotatable bonds is 2. The second kappa shape index (κ2) is 3.87. The Bertz CT molecular complexity index is 177. The van der Waals surface area contributed by atoms with Crippen LogP contribution in [0.5, 0.6) is 0 Å². The van der Waals surface area contributed by atoms with Gasteiger partial charge in [0, 0.05) is 19.5 Å². The summed E-state index contributed by atoms with van der Waals surface area (Å²) in [5.41, 5.74) is 6.61. The van der Waals surface area contributed by atoms with Crippen molar-refractivity contribution in [1.82, 2.24) is 5.32 Å². The molecule has 0 aliphatic carbocycles. The molecule has 0 spiro atoms. The molecule has 1 aliphatic rings. The van der Waals surface area contributed by atoms with Gasteiger partial charge < -0.3 is 15.9 Å². The van der Waals surface area contributed by atoms with E-state index in [0.717, 1.165) is 25.2 Å². The average Bonchev–Trinajstić information content (AvgIpc) is 2.02. The van der Waals surface area contributed by atoms with Crippen molar-refractivity contribution in [2.24, 2.45) is 10.9 Å². The monoisotopic (exact) mass is 171 g/mol. The molecule has 4 heteroatoms. The summed E-state index contributed by atoms with van der Waals surface area (Å²) in [5, 5.41) is 7.23. The van der Waals surface area contributed by atoms with Crippen LogP contribution in [0.25, 0.3) is 0 Å². The van der Waals surface area contributed by atoms with E-state index in [9.17, 15) is 0 Å². The number of nitrogens with zero attached hydrogens (tertiary/aromatic N) is 1. The third kappa shape index (κ3) is 2.19. The van der Waals surface area contributed by atoms with Crippen LogP contribution >= 0.6 is 0 Å². The van der Waals surface area contributed by atoms with E-state index in [2.05, 4.69) is 10.5 Å². The normalized spacial score (nSPS) is 33.8. The topological polar surface area (TPSA) is 59.6 Å². The number of nitrogens with two attached hydrogens (primary N) is 1. The molecule has 0 amide bonds. The molecule has 12 heavy (non-hydrogen) atoms. The zero-order chi connectivity index (χ0) is 9.03. The van der Waals surface area contributed by atoms with Crippen molar-refractivity contribution in [3.8, 4) is 0 Å². The van der Waals surface area contributed by atoms with Gasteiger partial charge in [-0.3, -0.25) is 0 Å². The molecule has 0 aromatic rings. The van der Waals surface area contributed by atoms with Gasteiger partial charge in [-0.1, -0.05) is 5.16 Å². The van der Waals surface area contributed by atoms with Crippen LogP contribution in [0, 0.1) is 0 Å². The SMILES string of the molecule is CCO/N=C1\CCNCC1(C)N. The van der Waals surface area contributed by atoms with Gasteiger partial charge in [-0.15, -0.1) is 0 Å². The van der Waals surface area contributed by atoms with Crippen LogP contribution in [0.2, 0.25) is 0 Å². The Balaban J connectivity index is 2.59. The Morgan fingerprint density at radius 2 is 2.50 bits per heavy atom. The fourth-order valence-electron chi connectivity index (χ4n) is 1.23. The quantitative estimate of drug-likeness (QED) is 0.579. The first kappa shape index (κ1) is 9.48. The van der Waals surface area contributed by atoms with Crippen LogP contribution in [-0.4, -0.2) is 30.9 Å². The molecule has 1 saturated heterocycles. The predicted octanol–water partition coefficient (Wildman–Crippen LogP) is 0.0896. The van der Waals surface area contributed by atoms with E-state index >= 15 is 0 Å². The van der Waals surface area contributed by atoms with Crippen molar-refractivity contribution >= 4 is 5.71 Å². The molecule has 1 rings (SSSR count). The van der Waals surface area contributed by atoms with E-state index in [0.29, 0.717) is 6.61 Å². The van der Waals surface area contributed by atoms with Crippen LogP contribution in [0.15, 0.2) is 5.16 Å². The second-order valence-corrected chi connectivity index (χ2v) is 3.30. The summed E-state index contributed by atoms with van der Waals surface area (Å²) in [4.78, 5) is 4.99. The lowest BCUT2D eigenvalue weighted by molar-refractivity contribution is 0.155. The predicted molar refractivity (Wildman–Crippen MR) is 49.1 cm³/mol. The van der Waals surface area contributed by atoms with Gasteiger partial charge in [0.25, 0.3) is 0 Å². The fourth-order valence-corrected chi connectivity index (χ4v) is 1.23. The second-order valence-electron chi connectivity index (χ2n) is 3.30. The summed E-state index contributed by atoms with van der Waals surface area (Å²) < 4.78 is 0. The highest BCUT2D eigenvalue weighted by atomic mass is 16.6. The zero-order valence-electron chi connectivity index (χ0n) is 7.76. The third-order valence-electron chi connectivity index (χ3n) is 1.99. The van der Waals surface area contributed by atoms with Crippen LogP contribution in [-0.2, 0) is 4.84 Å². The maximum Gasteiger partial charge on any atom is 0.114 e. The van der Waals surface area contributed by atoms with Crippen LogP contribution in [0.1, 0.15) is 20.3 Å². The van der Waals surface area contributed by atoms with Crippen LogP contribution in [0.4, 0.5) is 0 Å². The molecule has 1 atom stereocenters. The molecule has 1 heterocycles. The van der Waals surface area contributed by atoms with E-state index in [1.165, 1.54) is 0 Å². The molecule has 3 N–H and O–H groups in total. The number of piperidine rings is 1. The Hall–Kier alpha value is -0.610. The zero-order valence-corrected chi connectivity index (χ0v) is 7.76. The smallest absolute Gasteiger partial charge is 0.114 e. The molecule has 4 nitrogen and oxygen atoms in total. The molecule has 0 aromatic heterocycles. The first-order chi connectivity index (χ1) is 5.67. The Kier molecular flexibility index (Phi) is 3.05. The highest BCUT2D eigenvalue weighted by molar-refractivity contribution is 5.93. The van der Waals surface area contributed by atoms with Crippen molar-refractivity contribution in [2.75, 3.05) is 19.7 Å². The molecule has 1 aliphatic heterocycles. The first-order valence-corrected chi connectivity index (χ1v) is 4.35. The van der Waals surface area contributed by atoms with E-state index in [4.69, 9.17) is 10.6 Å². The van der Waals surface area contributed by atoms with Gasteiger partial charge in [-0.05, 0) is 13.8 Å². The molecule has 0 radical (unpaired) electrons. The summed E-state index contributed by atoms with van der Waals surface area (Å²) >= 11 is 0. The average molecular weight is 171 g/mol. The standard InChI is InChI=1S/C8H17N3O/c1-3-12-11-7-4-5-10-6-8(7,2)9/h10H,3-6,9H2,1-2H3/b11-7+. The minimum Gasteiger partial charge on any atom is -0.396 e. The van der Waals surface area contributed by atoms with Gasteiger partial charge in [0.05, 0.1) is 11.3 Å². The van der Waals surface area contributed by atoms with E-state index < -0.39 is 0 Å².